The number of amides is 2. The molecule has 0 fully saturated rings. The lowest BCUT2D eigenvalue weighted by atomic mass is 9.84. The first-order valence-corrected chi connectivity index (χ1v) is 11.5. The van der Waals surface area contributed by atoms with Gasteiger partial charge in [0.15, 0.2) is 0 Å². The molecule has 0 spiro atoms. The van der Waals surface area contributed by atoms with Crippen LogP contribution in [0.4, 0.5) is 14.9 Å². The Labute approximate surface area is 208 Å². The Bertz CT molecular complexity index is 1340. The Morgan fingerprint density at radius 1 is 0.861 bits per heavy atom. The molecular weight excluding hydrogens is 457 g/mol. The number of benzene rings is 3. The van der Waals surface area contributed by atoms with Gasteiger partial charge in [0, 0.05) is 29.1 Å². The van der Waals surface area contributed by atoms with Crippen LogP contribution in [0.5, 0.6) is 0 Å². The summed E-state index contributed by atoms with van der Waals surface area (Å²) in [5.41, 5.74) is 4.54. The van der Waals surface area contributed by atoms with Gasteiger partial charge in [-0.25, -0.2) is 9.18 Å². The largest absolute Gasteiger partial charge is 0.465 e. The smallest absolute Gasteiger partial charge is 0.405 e. The van der Waals surface area contributed by atoms with Gasteiger partial charge in [-0.1, -0.05) is 60.7 Å². The summed E-state index contributed by atoms with van der Waals surface area (Å²) >= 11 is 0. The molecule has 0 aliphatic heterocycles. The molecular formula is C29H26FN3O3. The van der Waals surface area contributed by atoms with Gasteiger partial charge in [-0.3, -0.25) is 9.78 Å². The van der Waals surface area contributed by atoms with Crippen LogP contribution in [-0.2, 0) is 4.79 Å². The molecule has 0 bridgehead atoms. The predicted molar refractivity (Wildman–Crippen MR) is 137 cm³/mol. The van der Waals surface area contributed by atoms with Gasteiger partial charge in [0.1, 0.15) is 11.9 Å². The highest BCUT2D eigenvalue weighted by Crippen LogP contribution is 2.31. The summed E-state index contributed by atoms with van der Waals surface area (Å²) in [7, 11) is 0. The van der Waals surface area contributed by atoms with Gasteiger partial charge in [-0.2, -0.15) is 0 Å². The van der Waals surface area contributed by atoms with Crippen molar-refractivity contribution in [3.8, 4) is 11.1 Å². The zero-order chi connectivity index (χ0) is 25.7. The molecule has 6 nitrogen and oxygen atoms in total. The SMILES string of the molecule is Cc1nccc(-c2ccc(NC(=O)[C@@H](NC(=O)O)C(c3ccccc3)c3ccccc3)cc2F)c1C. The number of halogens is 1. The third-order valence-electron chi connectivity index (χ3n) is 6.20. The van der Waals surface area contributed by atoms with Crippen molar-refractivity contribution < 1.29 is 19.1 Å². The van der Waals surface area contributed by atoms with Gasteiger partial charge in [0.05, 0.1) is 0 Å². The van der Waals surface area contributed by atoms with Gasteiger partial charge >= 0.3 is 6.09 Å². The molecule has 0 aliphatic rings. The number of carbonyl (C=O) groups is 2. The summed E-state index contributed by atoms with van der Waals surface area (Å²) in [5, 5.41) is 14.6. The van der Waals surface area contributed by atoms with Crippen molar-refractivity contribution in [3.63, 3.8) is 0 Å². The summed E-state index contributed by atoms with van der Waals surface area (Å²) in [5.74, 6) is -1.71. The molecule has 4 rings (SSSR count). The van der Waals surface area contributed by atoms with Crippen molar-refractivity contribution >= 4 is 17.7 Å². The van der Waals surface area contributed by atoms with E-state index in [1.807, 2.05) is 74.5 Å². The van der Waals surface area contributed by atoms with E-state index in [0.29, 0.717) is 5.56 Å². The lowest BCUT2D eigenvalue weighted by Gasteiger charge is -2.27. The number of anilines is 1. The third kappa shape index (κ3) is 5.41. The monoisotopic (exact) mass is 483 g/mol. The number of hydrogen-bond acceptors (Lipinski definition) is 3. The number of rotatable bonds is 7. The van der Waals surface area contributed by atoms with Crippen molar-refractivity contribution in [2.24, 2.45) is 0 Å². The van der Waals surface area contributed by atoms with Crippen molar-refractivity contribution in [2.75, 3.05) is 5.32 Å². The molecule has 0 unspecified atom stereocenters. The molecule has 36 heavy (non-hydrogen) atoms. The molecule has 1 heterocycles. The molecule has 3 N–H and O–H groups in total. The zero-order valence-electron chi connectivity index (χ0n) is 19.9. The standard InChI is InChI=1S/C29H26FN3O3/c1-18-19(2)31-16-15-23(18)24-14-13-22(17-25(24)30)32-28(34)27(33-29(35)36)26(20-9-5-3-6-10-20)21-11-7-4-8-12-21/h3-17,26-27,33H,1-2H3,(H,32,34)(H,35,36)/t27-/m0/s1. The van der Waals surface area contributed by atoms with Crippen LogP contribution in [0.1, 0.15) is 28.3 Å². The van der Waals surface area contributed by atoms with Crippen LogP contribution >= 0.6 is 0 Å². The fourth-order valence-electron chi connectivity index (χ4n) is 4.29. The first-order valence-electron chi connectivity index (χ1n) is 11.5. The molecule has 0 aliphatic carbocycles. The van der Waals surface area contributed by atoms with E-state index in [1.165, 1.54) is 6.07 Å². The first-order chi connectivity index (χ1) is 17.3. The van der Waals surface area contributed by atoms with Crippen LogP contribution in [0.15, 0.2) is 91.1 Å². The average Bonchev–Trinajstić information content (AvgIpc) is 2.87. The molecule has 182 valence electrons. The van der Waals surface area contributed by atoms with Crippen LogP contribution in [0.2, 0.25) is 0 Å². The maximum absolute atomic E-state index is 15.1. The van der Waals surface area contributed by atoms with Crippen molar-refractivity contribution in [3.05, 3.63) is 119 Å². The number of carbonyl (C=O) groups excluding carboxylic acids is 1. The molecule has 2 amide bonds. The molecule has 0 radical (unpaired) electrons. The van der Waals surface area contributed by atoms with Crippen molar-refractivity contribution in [1.82, 2.24) is 10.3 Å². The molecule has 1 atom stereocenters. The third-order valence-corrected chi connectivity index (χ3v) is 6.20. The summed E-state index contributed by atoms with van der Waals surface area (Å²) in [6.07, 6.45) is 0.291. The number of hydrogen-bond donors (Lipinski definition) is 3. The number of nitrogens with zero attached hydrogens (tertiary/aromatic N) is 1. The second-order valence-corrected chi connectivity index (χ2v) is 8.48. The quantitative estimate of drug-likeness (QED) is 0.305. The van der Waals surface area contributed by atoms with E-state index in [2.05, 4.69) is 15.6 Å². The second kappa shape index (κ2) is 10.8. The Balaban J connectivity index is 1.67. The van der Waals surface area contributed by atoms with E-state index in [9.17, 15) is 14.7 Å². The van der Waals surface area contributed by atoms with Gasteiger partial charge in [0.25, 0.3) is 0 Å². The minimum absolute atomic E-state index is 0.224. The summed E-state index contributed by atoms with van der Waals surface area (Å²) in [6.45, 7) is 3.74. The summed E-state index contributed by atoms with van der Waals surface area (Å²) < 4.78 is 15.1. The highest BCUT2D eigenvalue weighted by atomic mass is 19.1. The molecule has 4 aromatic rings. The highest BCUT2D eigenvalue weighted by Gasteiger charge is 2.32. The number of nitrogens with one attached hydrogen (secondary N) is 2. The van der Waals surface area contributed by atoms with Gasteiger partial charge in [-0.05, 0) is 60.4 Å². The van der Waals surface area contributed by atoms with Gasteiger partial charge < -0.3 is 15.7 Å². The predicted octanol–water partition coefficient (Wildman–Crippen LogP) is 5.91. The Morgan fingerprint density at radius 2 is 1.47 bits per heavy atom. The fourth-order valence-corrected chi connectivity index (χ4v) is 4.29. The average molecular weight is 484 g/mol. The van der Waals surface area contributed by atoms with E-state index in [4.69, 9.17) is 0 Å². The molecule has 0 saturated heterocycles. The Hall–Kier alpha value is -4.52. The fraction of sp³-hybridized carbons (Fsp3) is 0.138. The normalized spacial score (nSPS) is 11.7. The molecule has 7 heteroatoms. The lowest BCUT2D eigenvalue weighted by Crippen LogP contribution is -2.47. The summed E-state index contributed by atoms with van der Waals surface area (Å²) in [4.78, 5) is 29.4. The number of aromatic nitrogens is 1. The topological polar surface area (TPSA) is 91.3 Å². The maximum atomic E-state index is 15.1. The number of pyridine rings is 1. The van der Waals surface area contributed by atoms with Crippen molar-refractivity contribution in [2.45, 2.75) is 25.8 Å². The van der Waals surface area contributed by atoms with Crippen LogP contribution in [0.3, 0.4) is 0 Å². The molecule has 3 aromatic carbocycles. The maximum Gasteiger partial charge on any atom is 0.405 e. The minimum atomic E-state index is -1.34. The van der Waals surface area contributed by atoms with E-state index < -0.39 is 29.8 Å². The van der Waals surface area contributed by atoms with Crippen LogP contribution in [0.25, 0.3) is 11.1 Å². The van der Waals surface area contributed by atoms with Crippen LogP contribution < -0.4 is 10.6 Å². The zero-order valence-corrected chi connectivity index (χ0v) is 19.9. The first kappa shape index (κ1) is 24.6. The van der Waals surface area contributed by atoms with Crippen LogP contribution in [-0.4, -0.2) is 28.1 Å². The van der Waals surface area contributed by atoms with Crippen LogP contribution in [0, 0.1) is 19.7 Å². The summed E-state index contributed by atoms with van der Waals surface area (Å²) in [6, 6.07) is 23.4. The van der Waals surface area contributed by atoms with Gasteiger partial charge in [0.2, 0.25) is 5.91 Å². The van der Waals surface area contributed by atoms with Gasteiger partial charge in [-0.15, -0.1) is 0 Å². The highest BCUT2D eigenvalue weighted by molar-refractivity contribution is 5.97. The number of aryl methyl sites for hydroxylation is 1. The van der Waals surface area contributed by atoms with E-state index in [1.54, 1.807) is 24.4 Å². The van der Waals surface area contributed by atoms with E-state index in [-0.39, 0.29) is 5.69 Å². The lowest BCUT2D eigenvalue weighted by molar-refractivity contribution is -0.118. The van der Waals surface area contributed by atoms with E-state index in [0.717, 1.165) is 27.9 Å². The second-order valence-electron chi connectivity index (χ2n) is 8.48. The molecule has 0 saturated carbocycles. The Kier molecular flexibility index (Phi) is 7.39. The van der Waals surface area contributed by atoms with Crippen molar-refractivity contribution in [1.29, 1.82) is 0 Å². The number of carboxylic acid groups (broad SMARTS) is 1. The minimum Gasteiger partial charge on any atom is -0.465 e. The molecule has 1 aromatic heterocycles. The van der Waals surface area contributed by atoms with E-state index >= 15 is 4.39 Å². The Morgan fingerprint density at radius 3 is 2.03 bits per heavy atom.